The SMILES string of the molecule is CCCc1ccc(OCCNC(=O)[C@@H](CC)Oc2ccccc2Cl)cc1. The lowest BCUT2D eigenvalue weighted by atomic mass is 10.1. The predicted octanol–water partition coefficient (Wildman–Crippen LogP) is 4.65. The van der Waals surface area contributed by atoms with Crippen molar-refractivity contribution in [2.75, 3.05) is 13.2 Å². The number of aryl methyl sites for hydroxylation is 1. The molecule has 0 fully saturated rings. The lowest BCUT2D eigenvalue weighted by Crippen LogP contribution is -2.39. The van der Waals surface area contributed by atoms with E-state index in [1.807, 2.05) is 31.2 Å². The second-order valence-corrected chi connectivity index (χ2v) is 6.39. The van der Waals surface area contributed by atoms with Crippen LogP contribution in [-0.2, 0) is 11.2 Å². The number of carbonyl (C=O) groups excluding carboxylic acids is 1. The van der Waals surface area contributed by atoms with Crippen LogP contribution >= 0.6 is 11.6 Å². The van der Waals surface area contributed by atoms with Crippen LogP contribution in [0.5, 0.6) is 11.5 Å². The Morgan fingerprint density at radius 2 is 1.85 bits per heavy atom. The van der Waals surface area contributed by atoms with Gasteiger partial charge >= 0.3 is 0 Å². The number of carbonyl (C=O) groups is 1. The summed E-state index contributed by atoms with van der Waals surface area (Å²) in [4.78, 5) is 12.3. The molecule has 0 aliphatic heterocycles. The number of hydrogen-bond acceptors (Lipinski definition) is 3. The van der Waals surface area contributed by atoms with E-state index in [1.54, 1.807) is 12.1 Å². The van der Waals surface area contributed by atoms with Crippen LogP contribution in [0.25, 0.3) is 0 Å². The van der Waals surface area contributed by atoms with Crippen molar-refractivity contribution in [3.63, 3.8) is 0 Å². The van der Waals surface area contributed by atoms with Crippen LogP contribution in [0.3, 0.4) is 0 Å². The molecule has 0 bridgehead atoms. The first-order valence-electron chi connectivity index (χ1n) is 9.04. The Bertz CT molecular complexity index is 688. The van der Waals surface area contributed by atoms with Crippen molar-refractivity contribution in [2.45, 2.75) is 39.2 Å². The average Bonchev–Trinajstić information content (AvgIpc) is 2.66. The average molecular weight is 376 g/mol. The first-order chi connectivity index (χ1) is 12.6. The maximum absolute atomic E-state index is 12.3. The highest BCUT2D eigenvalue weighted by Gasteiger charge is 2.18. The van der Waals surface area contributed by atoms with Gasteiger partial charge in [-0.15, -0.1) is 0 Å². The standard InChI is InChI=1S/C21H26ClNO3/c1-3-7-16-10-12-17(13-11-16)25-15-14-23-21(24)19(4-2)26-20-9-6-5-8-18(20)22/h5-6,8-13,19H,3-4,7,14-15H2,1-2H3,(H,23,24)/t19-/m1/s1. The third-order valence-corrected chi connectivity index (χ3v) is 4.21. The van der Waals surface area contributed by atoms with Crippen LogP contribution in [0.4, 0.5) is 0 Å². The smallest absolute Gasteiger partial charge is 0.261 e. The van der Waals surface area contributed by atoms with E-state index in [1.165, 1.54) is 5.56 Å². The molecule has 2 rings (SSSR count). The summed E-state index contributed by atoms with van der Waals surface area (Å²) in [5.74, 6) is 1.15. The van der Waals surface area contributed by atoms with E-state index in [0.717, 1.165) is 18.6 Å². The highest BCUT2D eigenvalue weighted by Crippen LogP contribution is 2.24. The van der Waals surface area contributed by atoms with E-state index in [9.17, 15) is 4.79 Å². The maximum atomic E-state index is 12.3. The first kappa shape index (κ1) is 20.1. The summed E-state index contributed by atoms with van der Waals surface area (Å²) in [6.07, 6.45) is 2.17. The minimum Gasteiger partial charge on any atom is -0.492 e. The zero-order valence-corrected chi connectivity index (χ0v) is 16.1. The Balaban J connectivity index is 1.75. The molecule has 0 saturated heterocycles. The Labute approximate surface area is 160 Å². The number of benzene rings is 2. The zero-order chi connectivity index (χ0) is 18.8. The lowest BCUT2D eigenvalue weighted by molar-refractivity contribution is -0.128. The summed E-state index contributed by atoms with van der Waals surface area (Å²) in [6.45, 7) is 4.88. The quantitative estimate of drug-likeness (QED) is 0.615. The number of halogens is 1. The van der Waals surface area contributed by atoms with Gasteiger partial charge in [0.05, 0.1) is 11.6 Å². The molecule has 2 aromatic rings. The Morgan fingerprint density at radius 1 is 1.12 bits per heavy atom. The van der Waals surface area contributed by atoms with Gasteiger partial charge in [-0.05, 0) is 42.7 Å². The van der Waals surface area contributed by atoms with Gasteiger partial charge in [0.25, 0.3) is 5.91 Å². The van der Waals surface area contributed by atoms with E-state index in [-0.39, 0.29) is 5.91 Å². The van der Waals surface area contributed by atoms with Crippen molar-refractivity contribution < 1.29 is 14.3 Å². The Morgan fingerprint density at radius 3 is 2.50 bits per heavy atom. The second kappa shape index (κ2) is 10.7. The number of hydrogen-bond donors (Lipinski definition) is 1. The van der Waals surface area contributed by atoms with Gasteiger partial charge in [0.15, 0.2) is 6.10 Å². The number of amides is 1. The van der Waals surface area contributed by atoms with E-state index in [0.29, 0.717) is 30.3 Å². The predicted molar refractivity (Wildman–Crippen MR) is 105 cm³/mol. The maximum Gasteiger partial charge on any atom is 0.261 e. The summed E-state index contributed by atoms with van der Waals surface area (Å²) in [7, 11) is 0. The summed E-state index contributed by atoms with van der Waals surface area (Å²) in [6, 6.07) is 15.2. The van der Waals surface area contributed by atoms with E-state index in [4.69, 9.17) is 21.1 Å². The lowest BCUT2D eigenvalue weighted by Gasteiger charge is -2.18. The minimum absolute atomic E-state index is 0.172. The molecule has 1 N–H and O–H groups in total. The minimum atomic E-state index is -0.580. The molecule has 0 unspecified atom stereocenters. The van der Waals surface area contributed by atoms with Crippen LogP contribution in [0, 0.1) is 0 Å². The van der Waals surface area contributed by atoms with Gasteiger partial charge in [-0.3, -0.25) is 4.79 Å². The van der Waals surface area contributed by atoms with E-state index >= 15 is 0 Å². The molecule has 1 amide bonds. The number of para-hydroxylation sites is 1. The van der Waals surface area contributed by atoms with Gasteiger partial charge in [0, 0.05) is 0 Å². The molecule has 2 aromatic carbocycles. The topological polar surface area (TPSA) is 47.6 Å². The molecular weight excluding hydrogens is 350 g/mol. The van der Waals surface area contributed by atoms with Gasteiger partial charge in [-0.1, -0.05) is 56.1 Å². The van der Waals surface area contributed by atoms with Crippen molar-refractivity contribution in [2.24, 2.45) is 0 Å². The molecule has 0 saturated carbocycles. The molecule has 1 atom stereocenters. The fraction of sp³-hybridized carbons (Fsp3) is 0.381. The number of rotatable bonds is 10. The molecule has 140 valence electrons. The molecule has 0 aliphatic carbocycles. The zero-order valence-electron chi connectivity index (χ0n) is 15.3. The van der Waals surface area contributed by atoms with Gasteiger partial charge in [-0.2, -0.15) is 0 Å². The monoisotopic (exact) mass is 375 g/mol. The van der Waals surface area contributed by atoms with Crippen molar-refractivity contribution in [3.05, 3.63) is 59.1 Å². The van der Waals surface area contributed by atoms with Crippen molar-refractivity contribution >= 4 is 17.5 Å². The van der Waals surface area contributed by atoms with E-state index in [2.05, 4.69) is 24.4 Å². The van der Waals surface area contributed by atoms with Crippen LogP contribution in [-0.4, -0.2) is 25.2 Å². The van der Waals surface area contributed by atoms with Crippen LogP contribution in [0.1, 0.15) is 32.3 Å². The van der Waals surface area contributed by atoms with Crippen molar-refractivity contribution in [1.82, 2.24) is 5.32 Å². The summed E-state index contributed by atoms with van der Waals surface area (Å²) in [5, 5.41) is 3.34. The van der Waals surface area contributed by atoms with Gasteiger partial charge in [-0.25, -0.2) is 0 Å². The molecule has 0 spiro atoms. The molecule has 5 heteroatoms. The fourth-order valence-electron chi connectivity index (χ4n) is 2.51. The first-order valence-corrected chi connectivity index (χ1v) is 9.42. The fourth-order valence-corrected chi connectivity index (χ4v) is 2.69. The van der Waals surface area contributed by atoms with Crippen molar-refractivity contribution in [3.8, 4) is 11.5 Å². The molecule has 0 radical (unpaired) electrons. The Hall–Kier alpha value is -2.20. The third-order valence-electron chi connectivity index (χ3n) is 3.90. The number of nitrogens with one attached hydrogen (secondary N) is 1. The normalized spacial score (nSPS) is 11.7. The highest BCUT2D eigenvalue weighted by atomic mass is 35.5. The van der Waals surface area contributed by atoms with Gasteiger partial charge < -0.3 is 14.8 Å². The molecule has 0 aliphatic rings. The molecule has 0 heterocycles. The van der Waals surface area contributed by atoms with Crippen LogP contribution in [0.15, 0.2) is 48.5 Å². The van der Waals surface area contributed by atoms with Crippen LogP contribution < -0.4 is 14.8 Å². The largest absolute Gasteiger partial charge is 0.492 e. The van der Waals surface area contributed by atoms with Crippen molar-refractivity contribution in [1.29, 1.82) is 0 Å². The molecular formula is C21H26ClNO3. The molecule has 0 aromatic heterocycles. The summed E-state index contributed by atoms with van der Waals surface area (Å²) >= 11 is 6.08. The Kier molecular flexibility index (Phi) is 8.29. The second-order valence-electron chi connectivity index (χ2n) is 5.98. The molecule has 26 heavy (non-hydrogen) atoms. The summed E-state index contributed by atoms with van der Waals surface area (Å²) < 4.78 is 11.4. The van der Waals surface area contributed by atoms with Crippen LogP contribution in [0.2, 0.25) is 5.02 Å². The van der Waals surface area contributed by atoms with Gasteiger partial charge in [0.2, 0.25) is 0 Å². The number of ether oxygens (including phenoxy) is 2. The third kappa shape index (κ3) is 6.26. The highest BCUT2D eigenvalue weighted by molar-refractivity contribution is 6.32. The van der Waals surface area contributed by atoms with Gasteiger partial charge in [0.1, 0.15) is 18.1 Å². The summed E-state index contributed by atoms with van der Waals surface area (Å²) in [5.41, 5.74) is 1.30. The molecule has 4 nitrogen and oxygen atoms in total. The van der Waals surface area contributed by atoms with E-state index < -0.39 is 6.10 Å².